The van der Waals surface area contributed by atoms with Crippen LogP contribution < -0.4 is 5.32 Å². The second-order valence-electron chi connectivity index (χ2n) is 6.09. The zero-order chi connectivity index (χ0) is 14.4. The van der Waals surface area contributed by atoms with E-state index in [9.17, 15) is 5.11 Å². The van der Waals surface area contributed by atoms with E-state index in [1.807, 2.05) is 19.2 Å². The normalized spacial score (nSPS) is 19.1. The van der Waals surface area contributed by atoms with Crippen LogP contribution in [0.25, 0.3) is 0 Å². The topological polar surface area (TPSA) is 48.4 Å². The summed E-state index contributed by atoms with van der Waals surface area (Å²) in [5.41, 5.74) is 2.20. The molecule has 0 aliphatic carbocycles. The Morgan fingerprint density at radius 2 is 2.15 bits per heavy atom. The zero-order valence-corrected chi connectivity index (χ0v) is 12.7. The summed E-state index contributed by atoms with van der Waals surface area (Å²) >= 11 is 0. The number of rotatable bonds is 6. The molecule has 1 unspecified atom stereocenters. The van der Waals surface area contributed by atoms with Crippen molar-refractivity contribution in [1.82, 2.24) is 15.2 Å². The van der Waals surface area contributed by atoms with Crippen molar-refractivity contribution in [3.05, 3.63) is 29.6 Å². The van der Waals surface area contributed by atoms with E-state index in [1.165, 1.54) is 18.4 Å². The van der Waals surface area contributed by atoms with Crippen LogP contribution in [0.4, 0.5) is 0 Å². The number of nitrogens with one attached hydrogen (secondary N) is 1. The fraction of sp³-hybridized carbons (Fsp3) is 0.688. The predicted octanol–water partition coefficient (Wildman–Crippen LogP) is 1.57. The molecule has 1 fully saturated rings. The van der Waals surface area contributed by atoms with Gasteiger partial charge in [0.1, 0.15) is 0 Å². The maximum Gasteiger partial charge on any atom is 0.0791 e. The molecule has 1 aliphatic heterocycles. The molecular formula is C16H27N3O. The number of hydrogen-bond donors (Lipinski definition) is 2. The smallest absolute Gasteiger partial charge is 0.0791 e. The SMILES string of the molecule is Cc1ccc(CNCC(O)CN2CCC(C)CC2)nc1. The fourth-order valence-electron chi connectivity index (χ4n) is 2.58. The summed E-state index contributed by atoms with van der Waals surface area (Å²) in [7, 11) is 0. The Bertz CT molecular complexity index is 385. The maximum absolute atomic E-state index is 10.1. The predicted molar refractivity (Wildman–Crippen MR) is 81.5 cm³/mol. The standard InChI is InChI=1S/C16H27N3O/c1-13-5-7-19(8-6-13)12-16(20)11-17-10-15-4-3-14(2)9-18-15/h3-4,9,13,16-17,20H,5-8,10-12H2,1-2H3. The second-order valence-corrected chi connectivity index (χ2v) is 6.09. The van der Waals surface area contributed by atoms with Gasteiger partial charge in [0, 0.05) is 25.8 Å². The fourth-order valence-corrected chi connectivity index (χ4v) is 2.58. The molecule has 2 rings (SSSR count). The van der Waals surface area contributed by atoms with Gasteiger partial charge in [0.05, 0.1) is 11.8 Å². The molecule has 0 amide bonds. The van der Waals surface area contributed by atoms with E-state index in [-0.39, 0.29) is 6.10 Å². The van der Waals surface area contributed by atoms with Crippen LogP contribution in [0.2, 0.25) is 0 Å². The summed E-state index contributed by atoms with van der Waals surface area (Å²) in [5.74, 6) is 0.842. The van der Waals surface area contributed by atoms with Gasteiger partial charge >= 0.3 is 0 Å². The molecule has 1 aromatic rings. The number of pyridine rings is 1. The minimum atomic E-state index is -0.297. The van der Waals surface area contributed by atoms with Gasteiger partial charge in [-0.1, -0.05) is 13.0 Å². The van der Waals surface area contributed by atoms with Crippen molar-refractivity contribution in [2.45, 2.75) is 39.3 Å². The van der Waals surface area contributed by atoms with Crippen LogP contribution in [-0.4, -0.2) is 47.3 Å². The number of aromatic nitrogens is 1. The van der Waals surface area contributed by atoms with Gasteiger partial charge in [-0.3, -0.25) is 4.98 Å². The van der Waals surface area contributed by atoms with E-state index in [4.69, 9.17) is 0 Å². The van der Waals surface area contributed by atoms with Crippen molar-refractivity contribution in [3.8, 4) is 0 Å². The van der Waals surface area contributed by atoms with Crippen molar-refractivity contribution in [2.75, 3.05) is 26.2 Å². The van der Waals surface area contributed by atoms with Gasteiger partial charge < -0.3 is 15.3 Å². The summed E-state index contributed by atoms with van der Waals surface area (Å²) in [5, 5.41) is 13.3. The van der Waals surface area contributed by atoms with Crippen LogP contribution >= 0.6 is 0 Å². The van der Waals surface area contributed by atoms with Gasteiger partial charge in [0.15, 0.2) is 0 Å². The van der Waals surface area contributed by atoms with Crippen molar-refractivity contribution in [3.63, 3.8) is 0 Å². The van der Waals surface area contributed by atoms with E-state index in [0.29, 0.717) is 13.1 Å². The third-order valence-corrected chi connectivity index (χ3v) is 4.00. The van der Waals surface area contributed by atoms with Gasteiger partial charge in [0.2, 0.25) is 0 Å². The van der Waals surface area contributed by atoms with Gasteiger partial charge in [0.25, 0.3) is 0 Å². The van der Waals surface area contributed by atoms with Gasteiger partial charge in [-0.2, -0.15) is 0 Å². The Morgan fingerprint density at radius 1 is 1.40 bits per heavy atom. The van der Waals surface area contributed by atoms with E-state index in [0.717, 1.165) is 31.2 Å². The van der Waals surface area contributed by atoms with Crippen LogP contribution in [0.5, 0.6) is 0 Å². The Hall–Kier alpha value is -0.970. The molecule has 4 nitrogen and oxygen atoms in total. The van der Waals surface area contributed by atoms with E-state index < -0.39 is 0 Å². The Morgan fingerprint density at radius 3 is 2.80 bits per heavy atom. The molecule has 0 saturated carbocycles. The minimum Gasteiger partial charge on any atom is -0.390 e. The van der Waals surface area contributed by atoms with Gasteiger partial charge in [-0.05, 0) is 50.4 Å². The van der Waals surface area contributed by atoms with Crippen LogP contribution in [0, 0.1) is 12.8 Å². The lowest BCUT2D eigenvalue weighted by atomic mass is 9.99. The number of likely N-dealkylation sites (tertiary alicyclic amines) is 1. The summed E-state index contributed by atoms with van der Waals surface area (Å²) in [4.78, 5) is 6.72. The molecule has 1 atom stereocenters. The summed E-state index contributed by atoms with van der Waals surface area (Å²) in [6.45, 7) is 8.71. The van der Waals surface area contributed by atoms with Crippen molar-refractivity contribution >= 4 is 0 Å². The summed E-state index contributed by atoms with van der Waals surface area (Å²) < 4.78 is 0. The molecule has 112 valence electrons. The third-order valence-electron chi connectivity index (χ3n) is 4.00. The lowest BCUT2D eigenvalue weighted by molar-refractivity contribution is 0.0906. The monoisotopic (exact) mass is 277 g/mol. The lowest BCUT2D eigenvalue weighted by Gasteiger charge is -2.31. The highest BCUT2D eigenvalue weighted by atomic mass is 16.3. The first kappa shape index (κ1) is 15.4. The largest absolute Gasteiger partial charge is 0.390 e. The minimum absolute atomic E-state index is 0.297. The number of β-amino-alcohol motifs (C(OH)–C–C–N with tert-alkyl or cyclic N) is 1. The third kappa shape index (κ3) is 5.19. The average molecular weight is 277 g/mol. The molecule has 0 radical (unpaired) electrons. The number of hydrogen-bond acceptors (Lipinski definition) is 4. The first-order chi connectivity index (χ1) is 9.63. The van der Waals surface area contributed by atoms with Crippen molar-refractivity contribution < 1.29 is 5.11 Å². The highest BCUT2D eigenvalue weighted by Gasteiger charge is 2.17. The van der Waals surface area contributed by atoms with Gasteiger partial charge in [-0.15, -0.1) is 0 Å². The molecule has 0 bridgehead atoms. The second kappa shape index (κ2) is 7.72. The van der Waals surface area contributed by atoms with E-state index in [2.05, 4.69) is 28.2 Å². The average Bonchev–Trinajstić information content (AvgIpc) is 2.44. The summed E-state index contributed by atoms with van der Waals surface area (Å²) in [6, 6.07) is 4.09. The molecule has 2 heterocycles. The first-order valence-electron chi connectivity index (χ1n) is 7.66. The Labute approximate surface area is 122 Å². The summed E-state index contributed by atoms with van der Waals surface area (Å²) in [6.07, 6.45) is 4.09. The zero-order valence-electron chi connectivity index (χ0n) is 12.7. The molecule has 4 heteroatoms. The number of nitrogens with zero attached hydrogens (tertiary/aromatic N) is 2. The van der Waals surface area contributed by atoms with Crippen LogP contribution in [0.3, 0.4) is 0 Å². The first-order valence-corrected chi connectivity index (χ1v) is 7.66. The van der Waals surface area contributed by atoms with Crippen molar-refractivity contribution in [2.24, 2.45) is 5.92 Å². The van der Waals surface area contributed by atoms with E-state index in [1.54, 1.807) is 0 Å². The number of piperidine rings is 1. The Balaban J connectivity index is 1.62. The highest BCUT2D eigenvalue weighted by Crippen LogP contribution is 2.15. The highest BCUT2D eigenvalue weighted by molar-refractivity contribution is 5.11. The lowest BCUT2D eigenvalue weighted by Crippen LogP contribution is -2.41. The maximum atomic E-state index is 10.1. The molecular weight excluding hydrogens is 250 g/mol. The van der Waals surface area contributed by atoms with Crippen LogP contribution in [0.1, 0.15) is 31.0 Å². The molecule has 1 aliphatic rings. The molecule has 0 spiro atoms. The van der Waals surface area contributed by atoms with Crippen LogP contribution in [0.15, 0.2) is 18.3 Å². The number of aliphatic hydroxyl groups is 1. The van der Waals surface area contributed by atoms with E-state index >= 15 is 0 Å². The molecule has 2 N–H and O–H groups in total. The molecule has 0 aromatic carbocycles. The molecule has 20 heavy (non-hydrogen) atoms. The van der Waals surface area contributed by atoms with Gasteiger partial charge in [-0.25, -0.2) is 0 Å². The molecule has 1 saturated heterocycles. The Kier molecular flexibility index (Phi) is 5.95. The molecule has 1 aromatic heterocycles. The van der Waals surface area contributed by atoms with Crippen molar-refractivity contribution in [1.29, 1.82) is 0 Å². The number of aliphatic hydroxyl groups excluding tert-OH is 1. The quantitative estimate of drug-likeness (QED) is 0.829. The number of aryl methyl sites for hydroxylation is 1. The van der Waals surface area contributed by atoms with Crippen LogP contribution in [-0.2, 0) is 6.54 Å².